The molecule has 1 aliphatic rings. The van der Waals surface area contributed by atoms with Gasteiger partial charge in [-0.25, -0.2) is 0 Å². The van der Waals surface area contributed by atoms with Crippen LogP contribution in [0.25, 0.3) is 0 Å². The van der Waals surface area contributed by atoms with Gasteiger partial charge in [0.2, 0.25) is 5.89 Å². The monoisotopic (exact) mass is 528 g/mol. The first-order valence-electron chi connectivity index (χ1n) is 11.6. The lowest BCUT2D eigenvalue weighted by atomic mass is 9.92. The Kier molecular flexibility index (Phi) is 7.79. The molecule has 0 radical (unpaired) electrons. The van der Waals surface area contributed by atoms with E-state index < -0.39 is 36.2 Å². The summed E-state index contributed by atoms with van der Waals surface area (Å²) in [7, 11) is 3.56. The Labute approximate surface area is 209 Å². The van der Waals surface area contributed by atoms with Crippen molar-refractivity contribution >= 4 is 5.95 Å². The van der Waals surface area contributed by atoms with Gasteiger partial charge in [-0.05, 0) is 53.9 Å². The lowest BCUT2D eigenvalue weighted by molar-refractivity contribution is -0.143. The zero-order chi connectivity index (χ0) is 26.8. The van der Waals surface area contributed by atoms with Gasteiger partial charge in [0.15, 0.2) is 0 Å². The normalized spacial score (nSPS) is 19.2. The van der Waals surface area contributed by atoms with E-state index in [2.05, 4.69) is 15.0 Å². The molecule has 1 aromatic heterocycles. The molecule has 0 unspecified atom stereocenters. The van der Waals surface area contributed by atoms with Gasteiger partial charge in [-0.3, -0.25) is 4.90 Å². The second kappa shape index (κ2) is 10.7. The highest BCUT2D eigenvalue weighted by Crippen LogP contribution is 2.38. The molecule has 4 rings (SSSR count). The van der Waals surface area contributed by atoms with Crippen LogP contribution in [0, 0.1) is 0 Å². The molecule has 200 valence electrons. The van der Waals surface area contributed by atoms with Crippen LogP contribution in [0.5, 0.6) is 0 Å². The summed E-state index contributed by atoms with van der Waals surface area (Å²) in [6.07, 6.45) is -9.04. The highest BCUT2D eigenvalue weighted by atomic mass is 19.4. The summed E-state index contributed by atoms with van der Waals surface area (Å²) in [6, 6.07) is 10.6. The number of nitrogens with zero attached hydrogens (tertiary/aromatic N) is 4. The van der Waals surface area contributed by atoms with Crippen molar-refractivity contribution in [2.24, 2.45) is 0 Å². The van der Waals surface area contributed by atoms with Gasteiger partial charge in [-0.2, -0.15) is 31.3 Å². The number of ether oxygens (including phenoxy) is 1. The predicted molar refractivity (Wildman–Crippen MR) is 122 cm³/mol. The SMILES string of the molecule is CN(C)c1noc(CN2CCC[C@@H](OCc3cc(C(F)(F)F)cc(C(F)(F)F)c3)[C@H]2c2ccccc2)n1. The van der Waals surface area contributed by atoms with Crippen LogP contribution in [0.1, 0.15) is 47.0 Å². The van der Waals surface area contributed by atoms with E-state index in [0.717, 1.165) is 5.56 Å². The van der Waals surface area contributed by atoms with Crippen molar-refractivity contribution in [2.45, 2.75) is 50.5 Å². The smallest absolute Gasteiger partial charge is 0.372 e. The maximum absolute atomic E-state index is 13.3. The summed E-state index contributed by atoms with van der Waals surface area (Å²) < 4.78 is 91.1. The lowest BCUT2D eigenvalue weighted by Crippen LogP contribution is -2.42. The summed E-state index contributed by atoms with van der Waals surface area (Å²) >= 11 is 0. The highest BCUT2D eigenvalue weighted by Gasteiger charge is 2.38. The van der Waals surface area contributed by atoms with Crippen LogP contribution in [-0.2, 0) is 30.2 Å². The Bertz CT molecular complexity index is 1150. The summed E-state index contributed by atoms with van der Waals surface area (Å²) in [5, 5.41) is 3.93. The maximum Gasteiger partial charge on any atom is 0.416 e. The Morgan fingerprint density at radius 1 is 1.00 bits per heavy atom. The van der Waals surface area contributed by atoms with Crippen molar-refractivity contribution in [2.75, 3.05) is 25.5 Å². The number of hydrogen-bond acceptors (Lipinski definition) is 6. The Morgan fingerprint density at radius 3 is 2.22 bits per heavy atom. The number of piperidine rings is 1. The zero-order valence-electron chi connectivity index (χ0n) is 20.2. The van der Waals surface area contributed by atoms with Gasteiger partial charge in [0, 0.05) is 14.1 Å². The van der Waals surface area contributed by atoms with Gasteiger partial charge in [0.25, 0.3) is 5.95 Å². The van der Waals surface area contributed by atoms with Crippen LogP contribution in [0.15, 0.2) is 53.1 Å². The summed E-state index contributed by atoms with van der Waals surface area (Å²) in [5.41, 5.74) is -2.02. The number of anilines is 1. The molecule has 1 aliphatic heterocycles. The lowest BCUT2D eigenvalue weighted by Gasteiger charge is -2.40. The fourth-order valence-corrected chi connectivity index (χ4v) is 4.43. The number of likely N-dealkylation sites (tertiary alicyclic amines) is 1. The molecule has 0 aliphatic carbocycles. The van der Waals surface area contributed by atoms with Crippen molar-refractivity contribution < 1.29 is 35.6 Å². The molecule has 2 atom stereocenters. The quantitative estimate of drug-likeness (QED) is 0.346. The predicted octanol–water partition coefficient (Wildman–Crippen LogP) is 6.10. The van der Waals surface area contributed by atoms with E-state index in [4.69, 9.17) is 9.26 Å². The maximum atomic E-state index is 13.3. The minimum atomic E-state index is -4.92. The van der Waals surface area contributed by atoms with E-state index in [1.807, 2.05) is 30.3 Å². The molecule has 2 aromatic carbocycles. The average molecular weight is 528 g/mol. The Hall–Kier alpha value is -3.12. The van der Waals surface area contributed by atoms with Crippen LogP contribution in [-0.4, -0.2) is 41.8 Å². The van der Waals surface area contributed by atoms with Gasteiger partial charge in [-0.15, -0.1) is 0 Å². The molecule has 0 saturated carbocycles. The van der Waals surface area contributed by atoms with E-state index in [0.29, 0.717) is 49.9 Å². The second-order valence-corrected chi connectivity index (χ2v) is 9.11. The fourth-order valence-electron chi connectivity index (χ4n) is 4.43. The van der Waals surface area contributed by atoms with Gasteiger partial charge in [-0.1, -0.05) is 30.3 Å². The molecule has 2 heterocycles. The van der Waals surface area contributed by atoms with Crippen molar-refractivity contribution in [3.8, 4) is 0 Å². The highest BCUT2D eigenvalue weighted by molar-refractivity contribution is 5.33. The van der Waals surface area contributed by atoms with Crippen LogP contribution in [0.4, 0.5) is 32.3 Å². The molecule has 0 amide bonds. The molecule has 6 nitrogen and oxygen atoms in total. The molecule has 3 aromatic rings. The van der Waals surface area contributed by atoms with Gasteiger partial charge in [0.05, 0.1) is 36.4 Å². The summed E-state index contributed by atoms with van der Waals surface area (Å²) in [6.45, 7) is 0.573. The number of rotatable bonds is 7. The molecule has 12 heteroatoms. The summed E-state index contributed by atoms with van der Waals surface area (Å²) in [5.74, 6) is 0.805. The van der Waals surface area contributed by atoms with Crippen LogP contribution in [0.3, 0.4) is 0 Å². The fraction of sp³-hybridized carbons (Fsp3) is 0.440. The molecule has 1 saturated heterocycles. The number of aromatic nitrogens is 2. The Balaban J connectivity index is 1.59. The average Bonchev–Trinajstić information content (AvgIpc) is 3.31. The first kappa shape index (κ1) is 26.9. The molecule has 0 spiro atoms. The van der Waals surface area contributed by atoms with Crippen molar-refractivity contribution in [1.82, 2.24) is 15.0 Å². The summed E-state index contributed by atoms with van der Waals surface area (Å²) in [4.78, 5) is 8.14. The van der Waals surface area contributed by atoms with Gasteiger partial charge < -0.3 is 14.2 Å². The number of alkyl halides is 6. The Morgan fingerprint density at radius 2 is 1.65 bits per heavy atom. The zero-order valence-corrected chi connectivity index (χ0v) is 20.2. The number of benzene rings is 2. The number of halogens is 6. The molecular formula is C25H26F6N4O2. The standard InChI is InChI=1S/C25H26F6N4O2/c1-34(2)23-32-21(37-33-23)14-35-10-6-9-20(22(35)17-7-4-3-5-8-17)36-15-16-11-18(24(26,27)28)13-19(12-16)25(29,30)31/h3-5,7-8,11-13,20,22H,6,9-10,14-15H2,1-2H3/t20-,22-/m1/s1. The second-order valence-electron chi connectivity index (χ2n) is 9.11. The van der Waals surface area contributed by atoms with Crippen LogP contribution < -0.4 is 4.90 Å². The van der Waals surface area contributed by atoms with E-state index in [-0.39, 0.29) is 17.7 Å². The third kappa shape index (κ3) is 6.61. The van der Waals surface area contributed by atoms with E-state index in [1.165, 1.54) is 0 Å². The van der Waals surface area contributed by atoms with Crippen LogP contribution >= 0.6 is 0 Å². The number of hydrogen-bond donors (Lipinski definition) is 0. The van der Waals surface area contributed by atoms with Gasteiger partial charge in [0.1, 0.15) is 0 Å². The minimum Gasteiger partial charge on any atom is -0.372 e. The van der Waals surface area contributed by atoms with E-state index in [1.54, 1.807) is 19.0 Å². The topological polar surface area (TPSA) is 54.6 Å². The first-order valence-corrected chi connectivity index (χ1v) is 11.6. The first-order chi connectivity index (χ1) is 17.4. The van der Waals surface area contributed by atoms with Crippen molar-refractivity contribution in [1.29, 1.82) is 0 Å². The third-order valence-electron chi connectivity index (χ3n) is 6.13. The van der Waals surface area contributed by atoms with E-state index in [9.17, 15) is 26.3 Å². The van der Waals surface area contributed by atoms with Crippen molar-refractivity contribution in [3.05, 3.63) is 76.7 Å². The van der Waals surface area contributed by atoms with Crippen LogP contribution in [0.2, 0.25) is 0 Å². The molecule has 0 N–H and O–H groups in total. The largest absolute Gasteiger partial charge is 0.416 e. The molecular weight excluding hydrogens is 502 g/mol. The minimum absolute atomic E-state index is 0.116. The van der Waals surface area contributed by atoms with Crippen molar-refractivity contribution in [3.63, 3.8) is 0 Å². The third-order valence-corrected chi connectivity index (χ3v) is 6.13. The van der Waals surface area contributed by atoms with E-state index >= 15 is 0 Å². The molecule has 0 bridgehead atoms. The van der Waals surface area contributed by atoms with Gasteiger partial charge >= 0.3 is 12.4 Å². The molecule has 1 fully saturated rings. The molecule has 37 heavy (non-hydrogen) atoms.